The zero-order valence-corrected chi connectivity index (χ0v) is 79.3. The van der Waals surface area contributed by atoms with Crippen LogP contribution in [0.1, 0.15) is 275 Å². The summed E-state index contributed by atoms with van der Waals surface area (Å²) in [5.74, 6) is 2.38. The molecule has 9 aromatic rings. The van der Waals surface area contributed by atoms with Crippen molar-refractivity contribution in [2.45, 2.75) is 216 Å². The summed E-state index contributed by atoms with van der Waals surface area (Å²) >= 11 is 5.64. The SMILES string of the molecule is CC1CCC(C2=C(c3cc(-c4ccccc4)sc3C(=O)O)CCN(Cc3ccccc3)C2)CC1.CCCC(=O)N1CCC(c2cc(-c3ccccc3)sc2C(=O)O)=C(C2CCC(C)CC2)C1.CCCCN1CCC(c2cc(-c3ccccc3)sc2C(=O)O)=C(C2CCC(C)CC2)C1.CCCN1CCC(c2cc(-c3ccccc3)sc2C(=O)O)=C(C2CCC(C)CC2)C1. The smallest absolute Gasteiger partial charge is 0.346 e. The van der Waals surface area contributed by atoms with Gasteiger partial charge < -0.3 is 25.3 Å². The van der Waals surface area contributed by atoms with Gasteiger partial charge in [-0.3, -0.25) is 19.5 Å². The third-order valence-corrected chi connectivity index (χ3v) is 33.2. The van der Waals surface area contributed by atoms with Gasteiger partial charge in [-0.2, -0.15) is 0 Å². The molecule has 0 unspecified atom stereocenters. The Labute approximate surface area is 771 Å². The highest BCUT2D eigenvalue weighted by Crippen LogP contribution is 2.50. The van der Waals surface area contributed by atoms with Crippen LogP contribution in [0, 0.1) is 47.3 Å². The minimum absolute atomic E-state index is 0.224. The number of nitrogens with zero attached hydrogens (tertiary/aromatic N) is 4. The number of carboxylic acid groups (broad SMARTS) is 4. The molecule has 0 bridgehead atoms. The minimum atomic E-state index is -0.860. The third-order valence-electron chi connectivity index (χ3n) is 28.5. The van der Waals surface area contributed by atoms with Gasteiger partial charge in [0.15, 0.2) is 0 Å². The van der Waals surface area contributed by atoms with Gasteiger partial charge in [-0.1, -0.05) is 258 Å². The third kappa shape index (κ3) is 24.2. The van der Waals surface area contributed by atoms with Crippen LogP contribution in [-0.2, 0) is 11.3 Å². The molecule has 4 saturated carbocycles. The second-order valence-electron chi connectivity index (χ2n) is 37.6. The Kier molecular flexibility index (Phi) is 33.8. The summed E-state index contributed by atoms with van der Waals surface area (Å²) in [6, 6.07) is 59.8. The van der Waals surface area contributed by atoms with Crippen LogP contribution in [0.25, 0.3) is 64.1 Å². The highest BCUT2D eigenvalue weighted by atomic mass is 32.1. The molecule has 1 amide bonds. The first kappa shape index (κ1) is 94.2. The van der Waals surface area contributed by atoms with Gasteiger partial charge in [0.05, 0.1) is 0 Å². The van der Waals surface area contributed by atoms with E-state index >= 15 is 0 Å². The minimum Gasteiger partial charge on any atom is -0.477 e. The first-order chi connectivity index (χ1) is 61.7. The Bertz CT molecular complexity index is 5290. The summed E-state index contributed by atoms with van der Waals surface area (Å²) in [6.45, 7) is 26.5. The highest BCUT2D eigenvalue weighted by Gasteiger charge is 2.38. The van der Waals surface area contributed by atoms with Gasteiger partial charge in [-0.05, 0) is 253 Å². The van der Waals surface area contributed by atoms with Crippen molar-refractivity contribution in [3.8, 4) is 41.8 Å². The molecule has 4 N–H and O–H groups in total. The lowest BCUT2D eigenvalue weighted by Gasteiger charge is -2.37. The monoisotopic (exact) mass is 1780 g/mol. The lowest BCUT2D eigenvalue weighted by atomic mass is 9.75. The van der Waals surface area contributed by atoms with Crippen molar-refractivity contribution in [3.05, 3.63) is 246 Å². The van der Waals surface area contributed by atoms with E-state index in [0.29, 0.717) is 62.7 Å². The normalized spacial score (nSPS) is 22.2. The number of unbranched alkanes of at least 4 members (excludes halogenated alkanes) is 1. The Balaban J connectivity index is 0.000000137. The van der Waals surface area contributed by atoms with E-state index in [0.717, 1.165) is 192 Å². The molecule has 8 heterocycles. The second-order valence-corrected chi connectivity index (χ2v) is 41.8. The van der Waals surface area contributed by atoms with Gasteiger partial charge >= 0.3 is 23.9 Å². The van der Waals surface area contributed by atoms with E-state index in [9.17, 15) is 44.4 Å². The van der Waals surface area contributed by atoms with Gasteiger partial charge in [-0.25, -0.2) is 19.2 Å². The number of carbonyl (C=O) groups excluding carboxylic acids is 1. The summed E-state index contributed by atoms with van der Waals surface area (Å²) in [5.41, 5.74) is 20.5. The van der Waals surface area contributed by atoms with E-state index in [2.05, 4.69) is 147 Å². The Morgan fingerprint density at radius 2 is 0.598 bits per heavy atom. The molecule has 0 saturated heterocycles. The van der Waals surface area contributed by atoms with Gasteiger partial charge in [0.1, 0.15) is 19.5 Å². The van der Waals surface area contributed by atoms with Crippen LogP contribution in [0.3, 0.4) is 0 Å². The van der Waals surface area contributed by atoms with Crippen LogP contribution in [0.5, 0.6) is 0 Å². The largest absolute Gasteiger partial charge is 0.477 e. The maximum absolute atomic E-state index is 12.7. The number of carboxylic acids is 4. The van der Waals surface area contributed by atoms with Gasteiger partial charge in [-0.15, -0.1) is 45.3 Å². The topological polar surface area (TPSA) is 179 Å². The molecule has 4 aliphatic heterocycles. The Hall–Kier alpha value is -8.91. The first-order valence-corrected chi connectivity index (χ1v) is 51.0. The van der Waals surface area contributed by atoms with Crippen LogP contribution in [0.2, 0.25) is 0 Å². The summed E-state index contributed by atoms with van der Waals surface area (Å²) < 4.78 is 0. The zero-order valence-electron chi connectivity index (χ0n) is 76.1. The summed E-state index contributed by atoms with van der Waals surface area (Å²) in [5, 5.41) is 40.2. The molecule has 0 spiro atoms. The molecule has 4 fully saturated rings. The van der Waals surface area contributed by atoms with Crippen LogP contribution in [-0.4, -0.2) is 135 Å². The number of carbonyl (C=O) groups is 5. The van der Waals surface area contributed by atoms with E-state index in [4.69, 9.17) is 0 Å². The van der Waals surface area contributed by atoms with Crippen molar-refractivity contribution in [1.82, 2.24) is 19.6 Å². The van der Waals surface area contributed by atoms with Gasteiger partial charge in [0.25, 0.3) is 0 Å². The molecule has 8 aliphatic rings. The summed E-state index contributed by atoms with van der Waals surface area (Å²) in [7, 11) is 0. The fourth-order valence-corrected chi connectivity index (χ4v) is 25.3. The van der Waals surface area contributed by atoms with Crippen molar-refractivity contribution in [2.75, 3.05) is 65.4 Å². The Morgan fingerprint density at radius 1 is 0.323 bits per heavy atom. The molecule has 17 rings (SSSR count). The van der Waals surface area contributed by atoms with Gasteiger partial charge in [0.2, 0.25) is 5.91 Å². The van der Waals surface area contributed by atoms with Crippen molar-refractivity contribution in [3.63, 3.8) is 0 Å². The predicted octanol–water partition coefficient (Wildman–Crippen LogP) is 28.3. The predicted molar refractivity (Wildman–Crippen MR) is 529 cm³/mol. The lowest BCUT2D eigenvalue weighted by Crippen LogP contribution is -2.38. The van der Waals surface area contributed by atoms with Crippen LogP contribution in [0.4, 0.5) is 0 Å². The maximum Gasteiger partial charge on any atom is 0.346 e. The zero-order chi connectivity index (χ0) is 89.0. The number of aromatic carboxylic acids is 4. The van der Waals surface area contributed by atoms with Crippen LogP contribution >= 0.6 is 45.3 Å². The molecular formula is C110H134N4O9S4. The quantitative estimate of drug-likeness (QED) is 0.0426. The molecule has 0 radical (unpaired) electrons. The average Bonchev–Trinajstić information content (AvgIpc) is 1.69. The number of amides is 1. The van der Waals surface area contributed by atoms with E-state index < -0.39 is 23.9 Å². The van der Waals surface area contributed by atoms with Crippen molar-refractivity contribution < 1.29 is 44.4 Å². The molecule has 0 atom stereocenters. The molecule has 4 aliphatic carbocycles. The van der Waals surface area contributed by atoms with Crippen molar-refractivity contribution >= 4 is 97.4 Å². The van der Waals surface area contributed by atoms with Crippen molar-refractivity contribution in [2.24, 2.45) is 47.3 Å². The number of benzene rings is 5. The maximum atomic E-state index is 12.7. The van der Waals surface area contributed by atoms with E-state index in [1.807, 2.05) is 96.8 Å². The lowest BCUT2D eigenvalue weighted by molar-refractivity contribution is -0.131. The average molecular weight is 1780 g/mol. The fourth-order valence-electron chi connectivity index (χ4n) is 21.2. The second kappa shape index (κ2) is 45.6. The number of hydrogen-bond donors (Lipinski definition) is 4. The molecule has 17 heteroatoms. The molecule has 672 valence electrons. The highest BCUT2D eigenvalue weighted by molar-refractivity contribution is 7.18. The first-order valence-electron chi connectivity index (χ1n) is 47.8. The Morgan fingerprint density at radius 3 is 0.890 bits per heavy atom. The van der Waals surface area contributed by atoms with E-state index in [1.54, 1.807) is 0 Å². The summed E-state index contributed by atoms with van der Waals surface area (Å²) in [6.07, 6.45) is 28.5. The number of rotatable bonds is 25. The molecule has 127 heavy (non-hydrogen) atoms. The van der Waals surface area contributed by atoms with E-state index in [1.165, 1.54) is 205 Å². The molecule has 13 nitrogen and oxygen atoms in total. The van der Waals surface area contributed by atoms with Crippen LogP contribution in [0.15, 0.2) is 198 Å². The van der Waals surface area contributed by atoms with Gasteiger partial charge in [0, 0.05) is 107 Å². The summed E-state index contributed by atoms with van der Waals surface area (Å²) in [4.78, 5) is 77.5. The molecule has 5 aromatic carbocycles. The van der Waals surface area contributed by atoms with Crippen molar-refractivity contribution in [1.29, 1.82) is 0 Å². The number of hydrogen-bond acceptors (Lipinski definition) is 12. The standard InChI is InChI=1S/C30H33NO2S.C27H33NO3S.C27H35NO2S.C26H33NO2S/c1-21-12-14-23(15-13-21)27-20-31(19-22-8-4-2-5-9-22)17-16-25(27)26-18-28(34-29(26)30(32)33)24-10-6-3-7-11-24;1-3-7-25(29)28-15-14-21(23(17-28)19-12-10-18(2)11-13-19)22-16-24(32-26(22)27(30)31)20-8-5-4-6-9-20;1-3-4-15-28-16-14-22(24(18-28)20-12-10-19(2)11-13-20)23-17-25(31-26(23)27(29)30)21-8-6-5-7-9-21;1-3-14-27-15-13-21(23(17-27)19-11-9-18(2)10-12-19)22-16-24(30-25(22)26(28)29)20-7-5-4-6-8-20/h2-11,18,21,23H,12-17,19-20H2,1H3,(H,32,33);4-6,8-9,16,18-19H,3,7,10-15,17H2,1-2H3,(H,30,31);5-9,17,19-20H,3-4,10-16,18H2,1-2H3,(H,29,30);4-8,16,18-19H,3,9-15,17H2,1-2H3,(H,28,29). The molecular weight excluding hydrogens is 1650 g/mol. The molecule has 4 aromatic heterocycles. The fraction of sp³-hybridized carbons (Fsp3) is 0.464. The number of thiophene rings is 4. The van der Waals surface area contributed by atoms with Crippen LogP contribution < -0.4 is 0 Å². The van der Waals surface area contributed by atoms with E-state index in [-0.39, 0.29) is 5.91 Å².